The van der Waals surface area contributed by atoms with Crippen LogP contribution in [0.5, 0.6) is 5.75 Å². The summed E-state index contributed by atoms with van der Waals surface area (Å²) in [5.41, 5.74) is 1.24. The van der Waals surface area contributed by atoms with E-state index in [9.17, 15) is 0 Å². The lowest BCUT2D eigenvalue weighted by molar-refractivity contribution is 0.183. The Kier molecular flexibility index (Phi) is 8.31. The maximum atomic E-state index is 5.97. The predicted octanol–water partition coefficient (Wildman–Crippen LogP) is 3.30. The highest BCUT2D eigenvalue weighted by Crippen LogP contribution is 2.17. The van der Waals surface area contributed by atoms with Gasteiger partial charge in [0.1, 0.15) is 12.4 Å². The van der Waals surface area contributed by atoms with Crippen LogP contribution in [0.1, 0.15) is 39.7 Å². The molecule has 0 aliphatic carbocycles. The van der Waals surface area contributed by atoms with Crippen LogP contribution in [0.3, 0.4) is 0 Å². The Labute approximate surface area is 124 Å². The third-order valence-corrected chi connectivity index (χ3v) is 3.49. The van der Waals surface area contributed by atoms with E-state index in [4.69, 9.17) is 4.74 Å². The van der Waals surface area contributed by atoms with Crippen LogP contribution in [0.4, 0.5) is 0 Å². The van der Waals surface area contributed by atoms with Gasteiger partial charge in [0, 0.05) is 24.7 Å². The molecule has 0 bridgehead atoms. The molecule has 0 unspecified atom stereocenters. The molecule has 0 aliphatic rings. The summed E-state index contributed by atoms with van der Waals surface area (Å²) in [6.07, 6.45) is 1.16. The molecular formula is C17H30N2O. The Morgan fingerprint density at radius 1 is 1.20 bits per heavy atom. The Hall–Kier alpha value is -1.06. The predicted molar refractivity (Wildman–Crippen MR) is 86.3 cm³/mol. The van der Waals surface area contributed by atoms with Crippen LogP contribution in [0.25, 0.3) is 0 Å². The highest BCUT2D eigenvalue weighted by molar-refractivity contribution is 5.33. The number of ether oxygens (including phenoxy) is 1. The van der Waals surface area contributed by atoms with Gasteiger partial charge in [0.2, 0.25) is 0 Å². The van der Waals surface area contributed by atoms with Crippen molar-refractivity contribution in [2.24, 2.45) is 0 Å². The summed E-state index contributed by atoms with van der Waals surface area (Å²) in [5, 5.41) is 3.43. The number of rotatable bonds is 10. The maximum absolute atomic E-state index is 5.97. The Morgan fingerprint density at radius 3 is 2.60 bits per heavy atom. The van der Waals surface area contributed by atoms with Crippen LogP contribution in [0.2, 0.25) is 0 Å². The summed E-state index contributed by atoms with van der Waals surface area (Å²) in [6.45, 7) is 13.6. The van der Waals surface area contributed by atoms with Crippen molar-refractivity contribution in [1.82, 2.24) is 10.2 Å². The quantitative estimate of drug-likeness (QED) is 0.665. The first-order valence-electron chi connectivity index (χ1n) is 7.84. The van der Waals surface area contributed by atoms with Gasteiger partial charge in [-0.2, -0.15) is 0 Å². The second-order valence-corrected chi connectivity index (χ2v) is 5.36. The van der Waals surface area contributed by atoms with Crippen molar-refractivity contribution >= 4 is 0 Å². The molecule has 0 amide bonds. The van der Waals surface area contributed by atoms with Crippen LogP contribution >= 0.6 is 0 Å². The molecule has 114 valence electrons. The summed E-state index contributed by atoms with van der Waals surface area (Å²) in [4.78, 5) is 2.41. The smallest absolute Gasteiger partial charge is 0.123 e. The summed E-state index contributed by atoms with van der Waals surface area (Å²) >= 11 is 0. The van der Waals surface area contributed by atoms with Crippen molar-refractivity contribution in [3.05, 3.63) is 29.8 Å². The Balaban J connectivity index is 2.46. The van der Waals surface area contributed by atoms with Crippen molar-refractivity contribution in [2.75, 3.05) is 26.2 Å². The summed E-state index contributed by atoms with van der Waals surface area (Å²) in [5.74, 6) is 1.01. The van der Waals surface area contributed by atoms with E-state index in [1.807, 2.05) is 6.07 Å². The molecule has 0 saturated heterocycles. The standard InChI is InChI=1S/C17H30N2O/c1-5-11-18-14-16-9-7-8-10-17(16)20-13-12-19(6-2)15(3)4/h7-10,15,18H,5-6,11-14H2,1-4H3. The molecule has 0 radical (unpaired) electrons. The maximum Gasteiger partial charge on any atom is 0.123 e. The number of nitrogens with one attached hydrogen (secondary N) is 1. The topological polar surface area (TPSA) is 24.5 Å². The number of hydrogen-bond donors (Lipinski definition) is 1. The molecule has 0 saturated carbocycles. The van der Waals surface area contributed by atoms with E-state index in [1.54, 1.807) is 0 Å². The van der Waals surface area contributed by atoms with E-state index in [1.165, 1.54) is 5.56 Å². The van der Waals surface area contributed by atoms with E-state index in [2.05, 4.69) is 56.1 Å². The van der Waals surface area contributed by atoms with Crippen molar-refractivity contribution in [3.63, 3.8) is 0 Å². The molecule has 0 fully saturated rings. The molecule has 1 aromatic carbocycles. The van der Waals surface area contributed by atoms with Crippen LogP contribution in [-0.2, 0) is 6.54 Å². The van der Waals surface area contributed by atoms with Gasteiger partial charge < -0.3 is 10.1 Å². The first kappa shape index (κ1) is 17.0. The van der Waals surface area contributed by atoms with Crippen molar-refractivity contribution < 1.29 is 4.74 Å². The third-order valence-electron chi connectivity index (χ3n) is 3.49. The molecule has 20 heavy (non-hydrogen) atoms. The molecule has 0 aromatic heterocycles. The number of nitrogens with zero attached hydrogens (tertiary/aromatic N) is 1. The van der Waals surface area contributed by atoms with Gasteiger partial charge in [-0.15, -0.1) is 0 Å². The van der Waals surface area contributed by atoms with Gasteiger partial charge in [0.05, 0.1) is 0 Å². The minimum Gasteiger partial charge on any atom is -0.492 e. The summed E-state index contributed by atoms with van der Waals surface area (Å²) < 4.78 is 5.97. The number of hydrogen-bond acceptors (Lipinski definition) is 3. The SMILES string of the molecule is CCCNCc1ccccc1OCCN(CC)C(C)C. The molecule has 0 atom stereocenters. The molecular weight excluding hydrogens is 248 g/mol. The van der Waals surface area contributed by atoms with E-state index >= 15 is 0 Å². The molecule has 1 N–H and O–H groups in total. The van der Waals surface area contributed by atoms with Gasteiger partial charge in [-0.1, -0.05) is 32.0 Å². The number of para-hydroxylation sites is 1. The minimum absolute atomic E-state index is 0.574. The lowest BCUT2D eigenvalue weighted by atomic mass is 10.2. The second kappa shape index (κ2) is 9.78. The fourth-order valence-corrected chi connectivity index (χ4v) is 2.24. The average molecular weight is 278 g/mol. The normalized spacial score (nSPS) is 11.3. The highest BCUT2D eigenvalue weighted by Gasteiger charge is 2.07. The fraction of sp³-hybridized carbons (Fsp3) is 0.647. The Bertz CT molecular complexity index is 366. The molecule has 3 heteroatoms. The average Bonchev–Trinajstić information content (AvgIpc) is 2.45. The summed E-state index contributed by atoms with van der Waals surface area (Å²) in [7, 11) is 0. The number of likely N-dealkylation sites (N-methyl/N-ethyl adjacent to an activating group) is 1. The van der Waals surface area contributed by atoms with Gasteiger partial charge in [0.15, 0.2) is 0 Å². The highest BCUT2D eigenvalue weighted by atomic mass is 16.5. The first-order chi connectivity index (χ1) is 9.69. The van der Waals surface area contributed by atoms with Gasteiger partial charge >= 0.3 is 0 Å². The second-order valence-electron chi connectivity index (χ2n) is 5.36. The van der Waals surface area contributed by atoms with Crippen LogP contribution in [0, 0.1) is 0 Å². The fourth-order valence-electron chi connectivity index (χ4n) is 2.24. The van der Waals surface area contributed by atoms with Gasteiger partial charge in [0.25, 0.3) is 0 Å². The van der Waals surface area contributed by atoms with Crippen molar-refractivity contribution in [1.29, 1.82) is 0 Å². The van der Waals surface area contributed by atoms with Crippen LogP contribution < -0.4 is 10.1 Å². The van der Waals surface area contributed by atoms with Crippen LogP contribution in [0.15, 0.2) is 24.3 Å². The van der Waals surface area contributed by atoms with E-state index < -0.39 is 0 Å². The molecule has 0 heterocycles. The summed E-state index contributed by atoms with van der Waals surface area (Å²) in [6, 6.07) is 8.89. The lowest BCUT2D eigenvalue weighted by Crippen LogP contribution is -2.34. The zero-order valence-corrected chi connectivity index (χ0v) is 13.5. The zero-order valence-electron chi connectivity index (χ0n) is 13.5. The van der Waals surface area contributed by atoms with Gasteiger partial charge in [-0.3, -0.25) is 4.90 Å². The minimum atomic E-state index is 0.574. The first-order valence-corrected chi connectivity index (χ1v) is 7.84. The molecule has 1 rings (SSSR count). The number of benzene rings is 1. The van der Waals surface area contributed by atoms with Crippen LogP contribution in [-0.4, -0.2) is 37.2 Å². The zero-order chi connectivity index (χ0) is 14.8. The van der Waals surface area contributed by atoms with E-state index in [0.717, 1.165) is 45.0 Å². The third kappa shape index (κ3) is 5.93. The molecule has 3 nitrogen and oxygen atoms in total. The van der Waals surface area contributed by atoms with Gasteiger partial charge in [-0.05, 0) is 39.4 Å². The van der Waals surface area contributed by atoms with Crippen molar-refractivity contribution in [3.8, 4) is 5.75 Å². The largest absolute Gasteiger partial charge is 0.492 e. The van der Waals surface area contributed by atoms with Crippen molar-refractivity contribution in [2.45, 2.75) is 46.7 Å². The van der Waals surface area contributed by atoms with Gasteiger partial charge in [-0.25, -0.2) is 0 Å². The molecule has 1 aromatic rings. The Morgan fingerprint density at radius 2 is 1.95 bits per heavy atom. The molecule has 0 aliphatic heterocycles. The van der Waals surface area contributed by atoms with E-state index in [-0.39, 0.29) is 0 Å². The lowest BCUT2D eigenvalue weighted by Gasteiger charge is -2.24. The van der Waals surface area contributed by atoms with E-state index in [0.29, 0.717) is 6.04 Å². The monoisotopic (exact) mass is 278 g/mol. The molecule has 0 spiro atoms.